The molecule has 0 bridgehead atoms. The molecule has 108 valence electrons. The van der Waals surface area contributed by atoms with Gasteiger partial charge in [-0.3, -0.25) is 0 Å². The first-order chi connectivity index (χ1) is 10.1. The average Bonchev–Trinajstić information content (AvgIpc) is 2.45. The number of hydrogen-bond acceptors (Lipinski definition) is 2. The highest BCUT2D eigenvalue weighted by Crippen LogP contribution is 2.42. The summed E-state index contributed by atoms with van der Waals surface area (Å²) in [5, 5.41) is 0. The number of fused-ring (bicyclic) bond motifs is 3. The van der Waals surface area contributed by atoms with Crippen molar-refractivity contribution in [3.05, 3.63) is 52.8 Å². The fourth-order valence-corrected chi connectivity index (χ4v) is 2.82. The van der Waals surface area contributed by atoms with E-state index in [1.165, 1.54) is 6.07 Å². The van der Waals surface area contributed by atoms with Gasteiger partial charge in [0.1, 0.15) is 18.2 Å². The van der Waals surface area contributed by atoms with Crippen LogP contribution in [-0.2, 0) is 17.0 Å². The van der Waals surface area contributed by atoms with Gasteiger partial charge in [0.15, 0.2) is 5.67 Å². The largest absolute Gasteiger partial charge is 0.488 e. The van der Waals surface area contributed by atoms with E-state index in [-0.39, 0.29) is 19.0 Å². The summed E-state index contributed by atoms with van der Waals surface area (Å²) < 4.78 is 39.0. The molecular formula is C17H14F2O2. The minimum absolute atomic E-state index is 0.0808. The Morgan fingerprint density at radius 1 is 1.10 bits per heavy atom. The van der Waals surface area contributed by atoms with E-state index in [9.17, 15) is 8.78 Å². The van der Waals surface area contributed by atoms with Crippen molar-refractivity contribution in [2.75, 3.05) is 13.2 Å². The van der Waals surface area contributed by atoms with Crippen molar-refractivity contribution in [2.45, 2.75) is 19.2 Å². The number of ether oxygens (including phenoxy) is 2. The predicted molar refractivity (Wildman–Crippen MR) is 74.5 cm³/mol. The van der Waals surface area contributed by atoms with E-state index >= 15 is 0 Å². The Bertz CT molecular complexity index is 736. The maximum absolute atomic E-state index is 14.5. The Morgan fingerprint density at radius 2 is 1.90 bits per heavy atom. The third kappa shape index (κ3) is 1.86. The van der Waals surface area contributed by atoms with Crippen molar-refractivity contribution < 1.29 is 18.3 Å². The van der Waals surface area contributed by atoms with Gasteiger partial charge in [-0.2, -0.15) is 0 Å². The highest BCUT2D eigenvalue weighted by atomic mass is 19.1. The van der Waals surface area contributed by atoms with Crippen LogP contribution in [0.4, 0.5) is 8.78 Å². The van der Waals surface area contributed by atoms with Gasteiger partial charge in [0.25, 0.3) is 0 Å². The minimum Gasteiger partial charge on any atom is -0.488 e. The topological polar surface area (TPSA) is 18.5 Å². The Labute approximate surface area is 121 Å². The average molecular weight is 288 g/mol. The molecule has 2 aromatic carbocycles. The van der Waals surface area contributed by atoms with Gasteiger partial charge in [0.05, 0.1) is 13.2 Å². The molecule has 0 aromatic heterocycles. The molecule has 0 spiro atoms. The molecule has 0 N–H and O–H groups in total. The van der Waals surface area contributed by atoms with Crippen LogP contribution in [0.15, 0.2) is 30.3 Å². The first-order valence-electron chi connectivity index (χ1n) is 6.90. The van der Waals surface area contributed by atoms with Crippen LogP contribution in [0, 0.1) is 12.7 Å². The minimum atomic E-state index is -1.42. The van der Waals surface area contributed by atoms with Gasteiger partial charge in [-0.15, -0.1) is 0 Å². The van der Waals surface area contributed by atoms with E-state index in [2.05, 4.69) is 0 Å². The summed E-state index contributed by atoms with van der Waals surface area (Å²) in [6.07, 6.45) is 0. The Balaban J connectivity index is 1.88. The first kappa shape index (κ1) is 12.8. The fourth-order valence-electron chi connectivity index (χ4n) is 2.82. The van der Waals surface area contributed by atoms with E-state index in [4.69, 9.17) is 9.47 Å². The second kappa shape index (κ2) is 4.28. The molecule has 2 nitrogen and oxygen atoms in total. The van der Waals surface area contributed by atoms with E-state index < -0.39 is 5.67 Å². The Morgan fingerprint density at radius 3 is 2.62 bits per heavy atom. The molecule has 0 aliphatic carbocycles. The van der Waals surface area contributed by atoms with Gasteiger partial charge < -0.3 is 9.47 Å². The smallest absolute Gasteiger partial charge is 0.182 e. The van der Waals surface area contributed by atoms with Crippen LogP contribution in [0.25, 0.3) is 11.1 Å². The van der Waals surface area contributed by atoms with Gasteiger partial charge in [-0.1, -0.05) is 12.1 Å². The lowest BCUT2D eigenvalue weighted by Gasteiger charge is -2.35. The third-order valence-electron chi connectivity index (χ3n) is 4.22. The van der Waals surface area contributed by atoms with Crippen LogP contribution >= 0.6 is 0 Å². The lowest BCUT2D eigenvalue weighted by atomic mass is 9.88. The molecule has 2 aliphatic heterocycles. The number of alkyl halides is 1. The summed E-state index contributed by atoms with van der Waals surface area (Å²) in [6, 6.07) is 8.58. The standard InChI is InChI=1S/C17H14F2O2/c1-10-4-16-14(6-15(10)18)13-5-12(17(19)8-20-9-17)3-2-11(13)7-21-16/h2-6H,7-9H2,1H3. The second-order valence-corrected chi connectivity index (χ2v) is 5.72. The number of hydrogen-bond donors (Lipinski definition) is 0. The molecule has 1 saturated heterocycles. The van der Waals surface area contributed by atoms with Crippen LogP contribution in [0.5, 0.6) is 5.75 Å². The predicted octanol–water partition coefficient (Wildman–Crippen LogP) is 3.89. The Hall–Kier alpha value is -1.94. The van der Waals surface area contributed by atoms with Crippen molar-refractivity contribution in [3.63, 3.8) is 0 Å². The van der Waals surface area contributed by atoms with Gasteiger partial charge in [-0.05, 0) is 47.4 Å². The number of halogens is 2. The van der Waals surface area contributed by atoms with Crippen molar-refractivity contribution >= 4 is 0 Å². The van der Waals surface area contributed by atoms with Crippen LogP contribution < -0.4 is 4.74 Å². The lowest BCUT2D eigenvalue weighted by Crippen LogP contribution is -2.42. The maximum Gasteiger partial charge on any atom is 0.182 e. The van der Waals surface area contributed by atoms with Gasteiger partial charge in [0, 0.05) is 5.56 Å². The van der Waals surface area contributed by atoms with Crippen LogP contribution in [0.1, 0.15) is 16.7 Å². The molecule has 2 aliphatic rings. The molecule has 21 heavy (non-hydrogen) atoms. The summed E-state index contributed by atoms with van der Waals surface area (Å²) >= 11 is 0. The van der Waals surface area contributed by atoms with E-state index in [0.29, 0.717) is 29.0 Å². The normalized spacial score (nSPS) is 18.2. The number of aryl methyl sites for hydroxylation is 1. The second-order valence-electron chi connectivity index (χ2n) is 5.72. The highest BCUT2D eigenvalue weighted by molar-refractivity contribution is 5.76. The van der Waals surface area contributed by atoms with E-state index in [1.54, 1.807) is 25.1 Å². The lowest BCUT2D eigenvalue weighted by molar-refractivity contribution is -0.135. The monoisotopic (exact) mass is 288 g/mol. The highest BCUT2D eigenvalue weighted by Gasteiger charge is 2.41. The van der Waals surface area contributed by atoms with Crippen molar-refractivity contribution in [1.82, 2.24) is 0 Å². The van der Waals surface area contributed by atoms with Crippen LogP contribution in [0.2, 0.25) is 0 Å². The third-order valence-corrected chi connectivity index (χ3v) is 4.22. The summed E-state index contributed by atoms with van der Waals surface area (Å²) in [5.41, 5.74) is 2.18. The van der Waals surface area contributed by atoms with Gasteiger partial charge in [0.2, 0.25) is 0 Å². The Kier molecular flexibility index (Phi) is 2.60. The fraction of sp³-hybridized carbons (Fsp3) is 0.294. The number of benzene rings is 2. The van der Waals surface area contributed by atoms with Crippen molar-refractivity contribution in [3.8, 4) is 16.9 Å². The number of rotatable bonds is 1. The van der Waals surface area contributed by atoms with Gasteiger partial charge in [-0.25, -0.2) is 8.78 Å². The van der Waals surface area contributed by atoms with E-state index in [1.807, 2.05) is 6.07 Å². The maximum atomic E-state index is 14.5. The summed E-state index contributed by atoms with van der Waals surface area (Å²) in [7, 11) is 0. The van der Waals surface area contributed by atoms with E-state index in [0.717, 1.165) is 11.1 Å². The molecule has 2 aromatic rings. The van der Waals surface area contributed by atoms with Crippen LogP contribution in [-0.4, -0.2) is 13.2 Å². The quantitative estimate of drug-likeness (QED) is 0.792. The zero-order valence-corrected chi connectivity index (χ0v) is 11.6. The summed E-state index contributed by atoms with van der Waals surface area (Å²) in [6.45, 7) is 2.28. The molecule has 0 saturated carbocycles. The molecule has 2 heterocycles. The molecule has 1 fully saturated rings. The molecule has 0 radical (unpaired) electrons. The zero-order valence-electron chi connectivity index (χ0n) is 11.6. The summed E-state index contributed by atoms with van der Waals surface area (Å²) in [5.74, 6) is 0.369. The summed E-state index contributed by atoms with van der Waals surface area (Å²) in [4.78, 5) is 0. The van der Waals surface area contributed by atoms with Crippen molar-refractivity contribution in [2.24, 2.45) is 0 Å². The SMILES string of the molecule is Cc1cc2c(cc1F)-c1cc(C3(F)COC3)ccc1CO2. The molecule has 4 heteroatoms. The van der Waals surface area contributed by atoms with Crippen LogP contribution in [0.3, 0.4) is 0 Å². The first-order valence-corrected chi connectivity index (χ1v) is 6.90. The van der Waals surface area contributed by atoms with Crippen molar-refractivity contribution in [1.29, 1.82) is 0 Å². The molecule has 0 amide bonds. The van der Waals surface area contributed by atoms with Gasteiger partial charge >= 0.3 is 0 Å². The molecular weight excluding hydrogens is 274 g/mol. The molecule has 0 unspecified atom stereocenters. The zero-order chi connectivity index (χ0) is 14.6. The molecule has 4 rings (SSSR count). The molecule has 0 atom stereocenters.